The van der Waals surface area contributed by atoms with Crippen molar-refractivity contribution in [3.63, 3.8) is 0 Å². The van der Waals surface area contributed by atoms with Crippen LogP contribution in [0.15, 0.2) is 35.8 Å². The molecule has 0 saturated heterocycles. The molecule has 2 heterocycles. The summed E-state index contributed by atoms with van der Waals surface area (Å²) >= 11 is 1.78. The lowest BCUT2D eigenvalue weighted by molar-refractivity contribution is 0.686. The maximum absolute atomic E-state index is 4.34. The van der Waals surface area contributed by atoms with Gasteiger partial charge in [-0.25, -0.2) is 0 Å². The number of nitrogens with zero attached hydrogens (tertiary/aromatic N) is 1. The van der Waals surface area contributed by atoms with E-state index in [-0.39, 0.29) is 0 Å². The molecule has 0 saturated carbocycles. The van der Waals surface area contributed by atoms with E-state index in [4.69, 9.17) is 0 Å². The van der Waals surface area contributed by atoms with Crippen LogP contribution in [0.2, 0.25) is 0 Å². The van der Waals surface area contributed by atoms with Crippen molar-refractivity contribution >= 4 is 11.3 Å². The van der Waals surface area contributed by atoms with Gasteiger partial charge in [-0.2, -0.15) is 0 Å². The summed E-state index contributed by atoms with van der Waals surface area (Å²) in [6.45, 7) is 3.81. The van der Waals surface area contributed by atoms with E-state index in [0.717, 1.165) is 18.8 Å². The number of thiophene rings is 1. The summed E-state index contributed by atoms with van der Waals surface area (Å²) < 4.78 is 0. The SMILES string of the molecule is Cc1ccc(CNCc2cccs2)nc1. The highest BCUT2D eigenvalue weighted by Gasteiger charge is 1.95. The maximum atomic E-state index is 4.34. The third-order valence-electron chi connectivity index (χ3n) is 2.16. The standard InChI is InChI=1S/C12H14N2S/c1-10-4-5-11(14-7-10)8-13-9-12-3-2-6-15-12/h2-7,13H,8-9H2,1H3. The predicted molar refractivity (Wildman–Crippen MR) is 63.8 cm³/mol. The van der Waals surface area contributed by atoms with Crippen LogP contribution in [0, 0.1) is 6.92 Å². The van der Waals surface area contributed by atoms with Crippen molar-refractivity contribution in [2.75, 3.05) is 0 Å². The highest BCUT2D eigenvalue weighted by molar-refractivity contribution is 7.09. The van der Waals surface area contributed by atoms with Crippen LogP contribution in [-0.2, 0) is 13.1 Å². The number of hydrogen-bond donors (Lipinski definition) is 1. The molecule has 0 aliphatic heterocycles. The summed E-state index contributed by atoms with van der Waals surface area (Å²) in [5, 5.41) is 5.47. The number of nitrogens with one attached hydrogen (secondary N) is 1. The van der Waals surface area contributed by atoms with Crippen molar-refractivity contribution in [1.29, 1.82) is 0 Å². The Morgan fingerprint density at radius 3 is 2.87 bits per heavy atom. The van der Waals surface area contributed by atoms with Gasteiger partial charge in [0.25, 0.3) is 0 Å². The van der Waals surface area contributed by atoms with Crippen molar-refractivity contribution in [2.45, 2.75) is 20.0 Å². The molecule has 1 N–H and O–H groups in total. The van der Waals surface area contributed by atoms with Crippen molar-refractivity contribution in [2.24, 2.45) is 0 Å². The van der Waals surface area contributed by atoms with E-state index in [1.165, 1.54) is 10.4 Å². The van der Waals surface area contributed by atoms with Gasteiger partial charge in [-0.15, -0.1) is 11.3 Å². The van der Waals surface area contributed by atoms with E-state index in [0.29, 0.717) is 0 Å². The first-order valence-electron chi connectivity index (χ1n) is 4.99. The molecule has 0 radical (unpaired) electrons. The molecule has 0 amide bonds. The van der Waals surface area contributed by atoms with Crippen molar-refractivity contribution in [3.8, 4) is 0 Å². The predicted octanol–water partition coefficient (Wildman–Crippen LogP) is 2.74. The van der Waals surface area contributed by atoms with Gasteiger partial charge in [0.2, 0.25) is 0 Å². The van der Waals surface area contributed by atoms with E-state index >= 15 is 0 Å². The van der Waals surface area contributed by atoms with Gasteiger partial charge < -0.3 is 5.32 Å². The number of rotatable bonds is 4. The average molecular weight is 218 g/mol. The largest absolute Gasteiger partial charge is 0.306 e. The Morgan fingerprint density at radius 2 is 2.20 bits per heavy atom. The molecule has 0 aromatic carbocycles. The third kappa shape index (κ3) is 3.15. The van der Waals surface area contributed by atoms with Gasteiger partial charge in [0.15, 0.2) is 0 Å². The molecular formula is C12H14N2S. The van der Waals surface area contributed by atoms with Gasteiger partial charge in [-0.3, -0.25) is 4.98 Å². The van der Waals surface area contributed by atoms with Crippen LogP contribution < -0.4 is 5.32 Å². The first-order valence-corrected chi connectivity index (χ1v) is 5.87. The first-order chi connectivity index (χ1) is 7.34. The van der Waals surface area contributed by atoms with Gasteiger partial charge in [-0.05, 0) is 30.0 Å². The second-order valence-corrected chi connectivity index (χ2v) is 4.54. The van der Waals surface area contributed by atoms with Crippen LogP contribution in [-0.4, -0.2) is 4.98 Å². The fraction of sp³-hybridized carbons (Fsp3) is 0.250. The quantitative estimate of drug-likeness (QED) is 0.853. The molecule has 0 aliphatic rings. The fourth-order valence-electron chi connectivity index (χ4n) is 1.33. The zero-order chi connectivity index (χ0) is 10.5. The average Bonchev–Trinajstić information content (AvgIpc) is 2.74. The molecule has 78 valence electrons. The Hall–Kier alpha value is -1.19. The van der Waals surface area contributed by atoms with E-state index in [1.807, 2.05) is 6.20 Å². The summed E-state index contributed by atoms with van der Waals surface area (Å²) in [6.07, 6.45) is 1.90. The van der Waals surface area contributed by atoms with Crippen LogP contribution in [0.4, 0.5) is 0 Å². The van der Waals surface area contributed by atoms with Gasteiger partial charge in [0.05, 0.1) is 5.69 Å². The second-order valence-electron chi connectivity index (χ2n) is 3.51. The molecule has 0 unspecified atom stereocenters. The zero-order valence-corrected chi connectivity index (χ0v) is 9.55. The number of pyridine rings is 1. The molecule has 0 spiro atoms. The van der Waals surface area contributed by atoms with E-state index < -0.39 is 0 Å². The van der Waals surface area contributed by atoms with Crippen molar-refractivity contribution in [1.82, 2.24) is 10.3 Å². The Kier molecular flexibility index (Phi) is 3.48. The molecule has 2 aromatic heterocycles. The minimum absolute atomic E-state index is 0.832. The highest BCUT2D eigenvalue weighted by atomic mass is 32.1. The lowest BCUT2D eigenvalue weighted by Gasteiger charge is -2.02. The minimum atomic E-state index is 0.832. The van der Waals surface area contributed by atoms with E-state index in [9.17, 15) is 0 Å². The summed E-state index contributed by atoms with van der Waals surface area (Å²) in [7, 11) is 0. The molecule has 2 nitrogen and oxygen atoms in total. The van der Waals surface area contributed by atoms with Crippen molar-refractivity contribution in [3.05, 3.63) is 52.0 Å². The monoisotopic (exact) mass is 218 g/mol. The highest BCUT2D eigenvalue weighted by Crippen LogP contribution is 2.07. The molecule has 0 aliphatic carbocycles. The molecule has 15 heavy (non-hydrogen) atoms. The Bertz CT molecular complexity index is 392. The van der Waals surface area contributed by atoms with Crippen molar-refractivity contribution < 1.29 is 0 Å². The lowest BCUT2D eigenvalue weighted by Crippen LogP contribution is -2.12. The second kappa shape index (κ2) is 5.05. The van der Waals surface area contributed by atoms with E-state index in [1.54, 1.807) is 11.3 Å². The molecule has 0 bridgehead atoms. The Labute approximate surface area is 94.0 Å². The Balaban J connectivity index is 1.81. The van der Waals surface area contributed by atoms with Crippen LogP contribution in [0.3, 0.4) is 0 Å². The molecule has 2 rings (SSSR count). The Morgan fingerprint density at radius 1 is 1.27 bits per heavy atom. The molecular weight excluding hydrogens is 204 g/mol. The maximum Gasteiger partial charge on any atom is 0.0541 e. The number of aryl methyl sites for hydroxylation is 1. The van der Waals surface area contributed by atoms with Crippen LogP contribution in [0.5, 0.6) is 0 Å². The number of aromatic nitrogens is 1. The normalized spacial score (nSPS) is 10.5. The molecule has 0 atom stereocenters. The molecule has 3 heteroatoms. The van der Waals surface area contributed by atoms with Gasteiger partial charge in [0, 0.05) is 24.2 Å². The summed E-state index contributed by atoms with van der Waals surface area (Å²) in [4.78, 5) is 5.70. The number of hydrogen-bond acceptors (Lipinski definition) is 3. The summed E-state index contributed by atoms with van der Waals surface area (Å²) in [5.74, 6) is 0. The first kappa shape index (κ1) is 10.3. The smallest absolute Gasteiger partial charge is 0.0541 e. The van der Waals surface area contributed by atoms with E-state index in [2.05, 4.69) is 46.9 Å². The van der Waals surface area contributed by atoms with Crippen LogP contribution >= 0.6 is 11.3 Å². The summed E-state index contributed by atoms with van der Waals surface area (Å²) in [5.41, 5.74) is 2.30. The minimum Gasteiger partial charge on any atom is -0.306 e. The van der Waals surface area contributed by atoms with Crippen LogP contribution in [0.25, 0.3) is 0 Å². The third-order valence-corrected chi connectivity index (χ3v) is 3.03. The topological polar surface area (TPSA) is 24.9 Å². The zero-order valence-electron chi connectivity index (χ0n) is 8.73. The molecule has 0 fully saturated rings. The summed E-state index contributed by atoms with van der Waals surface area (Å²) in [6, 6.07) is 8.37. The van der Waals surface area contributed by atoms with Crippen LogP contribution in [0.1, 0.15) is 16.1 Å². The lowest BCUT2D eigenvalue weighted by atomic mass is 10.3. The molecule has 2 aromatic rings. The van der Waals surface area contributed by atoms with Gasteiger partial charge in [-0.1, -0.05) is 12.1 Å². The van der Waals surface area contributed by atoms with Gasteiger partial charge >= 0.3 is 0 Å². The fourth-order valence-corrected chi connectivity index (χ4v) is 2.00. The van der Waals surface area contributed by atoms with Gasteiger partial charge in [0.1, 0.15) is 0 Å².